The van der Waals surface area contributed by atoms with Crippen LogP contribution in [0.15, 0.2) is 12.2 Å². The molecule has 4 rings (SSSR count). The van der Waals surface area contributed by atoms with Crippen LogP contribution in [0.1, 0.15) is 32.6 Å². The molecule has 0 radical (unpaired) electrons. The highest BCUT2D eigenvalue weighted by molar-refractivity contribution is 5.87. The van der Waals surface area contributed by atoms with Crippen LogP contribution in [-0.4, -0.2) is 47.6 Å². The standard InChI is InChI=1S/C20H28O6/c1-9(2)19(23)26-16-6-11-5-15(16)18-10-3-13(17(11)18)14(4-10)20(24)25-8-12(22)7-21/h10-18,21-22H,1,3-8H2,2H3/t10-,11-,12?,13+,14?,15+,16?,17?,18?/m1/s1. The maximum Gasteiger partial charge on any atom is 0.333 e. The van der Waals surface area contributed by atoms with E-state index in [1.54, 1.807) is 6.92 Å². The van der Waals surface area contributed by atoms with Crippen LogP contribution in [0.3, 0.4) is 0 Å². The van der Waals surface area contributed by atoms with Crippen molar-refractivity contribution in [1.29, 1.82) is 0 Å². The van der Waals surface area contributed by atoms with E-state index in [0.717, 1.165) is 25.7 Å². The van der Waals surface area contributed by atoms with Crippen LogP contribution in [0.5, 0.6) is 0 Å². The Morgan fingerprint density at radius 3 is 2.46 bits per heavy atom. The van der Waals surface area contributed by atoms with E-state index in [1.165, 1.54) is 0 Å². The molecule has 4 bridgehead atoms. The summed E-state index contributed by atoms with van der Waals surface area (Å²) in [5, 5.41) is 18.2. The molecule has 0 saturated heterocycles. The molecule has 4 fully saturated rings. The van der Waals surface area contributed by atoms with Crippen molar-refractivity contribution in [3.63, 3.8) is 0 Å². The molecule has 0 aromatic rings. The zero-order valence-corrected chi connectivity index (χ0v) is 15.2. The number of hydrogen-bond donors (Lipinski definition) is 2. The second kappa shape index (κ2) is 6.64. The normalized spacial score (nSPS) is 43.2. The van der Waals surface area contributed by atoms with Crippen molar-refractivity contribution >= 4 is 11.9 Å². The summed E-state index contributed by atoms with van der Waals surface area (Å²) in [6, 6.07) is 0. The van der Waals surface area contributed by atoms with E-state index in [-0.39, 0.29) is 30.6 Å². The molecule has 4 aliphatic rings. The van der Waals surface area contributed by atoms with Gasteiger partial charge in [-0.2, -0.15) is 0 Å². The van der Waals surface area contributed by atoms with Gasteiger partial charge in [0.05, 0.1) is 12.5 Å². The summed E-state index contributed by atoms with van der Waals surface area (Å²) in [4.78, 5) is 24.3. The topological polar surface area (TPSA) is 93.1 Å². The molecule has 26 heavy (non-hydrogen) atoms. The van der Waals surface area contributed by atoms with E-state index >= 15 is 0 Å². The van der Waals surface area contributed by atoms with Crippen molar-refractivity contribution in [2.75, 3.05) is 13.2 Å². The Bertz CT molecular complexity index is 615. The fourth-order valence-corrected chi connectivity index (χ4v) is 6.52. The third-order valence-corrected chi connectivity index (χ3v) is 7.30. The first-order valence-corrected chi connectivity index (χ1v) is 9.72. The first-order valence-electron chi connectivity index (χ1n) is 9.72. The average molecular weight is 364 g/mol. The van der Waals surface area contributed by atoms with Crippen molar-refractivity contribution in [2.45, 2.75) is 44.8 Å². The number of rotatable bonds is 6. The third kappa shape index (κ3) is 2.78. The molecule has 6 heteroatoms. The SMILES string of the molecule is C=C(C)C(=O)OC1C[C@H]2C[C@@H]1C1C2[C@H]2C[C@@H]1CC2C(=O)OCC(O)CO. The lowest BCUT2D eigenvalue weighted by molar-refractivity contribution is -0.157. The van der Waals surface area contributed by atoms with Gasteiger partial charge >= 0.3 is 11.9 Å². The van der Waals surface area contributed by atoms with Crippen molar-refractivity contribution in [1.82, 2.24) is 0 Å². The van der Waals surface area contributed by atoms with Crippen LogP contribution in [-0.2, 0) is 19.1 Å². The van der Waals surface area contributed by atoms with Crippen LogP contribution in [0, 0.1) is 41.4 Å². The van der Waals surface area contributed by atoms with E-state index in [2.05, 4.69) is 6.58 Å². The zero-order valence-electron chi connectivity index (χ0n) is 15.2. The van der Waals surface area contributed by atoms with Gasteiger partial charge in [-0.3, -0.25) is 4.79 Å². The Hall–Kier alpha value is -1.40. The summed E-state index contributed by atoms with van der Waals surface area (Å²) in [5.74, 6) is 2.33. The molecule has 144 valence electrons. The molecule has 2 N–H and O–H groups in total. The molecule has 6 nitrogen and oxygen atoms in total. The van der Waals surface area contributed by atoms with Gasteiger partial charge in [0.25, 0.3) is 0 Å². The van der Waals surface area contributed by atoms with Gasteiger partial charge < -0.3 is 19.7 Å². The number of aliphatic hydroxyl groups excluding tert-OH is 2. The minimum absolute atomic E-state index is 0.00917. The zero-order chi connectivity index (χ0) is 18.6. The van der Waals surface area contributed by atoms with E-state index < -0.39 is 12.7 Å². The Morgan fingerprint density at radius 1 is 1.12 bits per heavy atom. The first-order chi connectivity index (χ1) is 12.4. The van der Waals surface area contributed by atoms with Crippen LogP contribution in [0.25, 0.3) is 0 Å². The van der Waals surface area contributed by atoms with Crippen LogP contribution in [0.4, 0.5) is 0 Å². The predicted octanol–water partition coefficient (Wildman–Crippen LogP) is 1.30. The molecule has 9 atom stereocenters. The van der Waals surface area contributed by atoms with E-state index in [0.29, 0.717) is 41.1 Å². The van der Waals surface area contributed by atoms with Crippen molar-refractivity contribution < 1.29 is 29.3 Å². The Balaban J connectivity index is 1.39. The summed E-state index contributed by atoms with van der Waals surface area (Å²) in [6.07, 6.45) is 2.91. The first kappa shape index (κ1) is 18.0. The van der Waals surface area contributed by atoms with Gasteiger partial charge in [0.15, 0.2) is 0 Å². The average Bonchev–Trinajstić information content (AvgIpc) is 3.36. The number of esters is 2. The van der Waals surface area contributed by atoms with Crippen molar-refractivity contribution in [2.24, 2.45) is 41.4 Å². The van der Waals surface area contributed by atoms with Crippen molar-refractivity contribution in [3.8, 4) is 0 Å². The van der Waals surface area contributed by atoms with E-state index in [9.17, 15) is 14.7 Å². The van der Waals surface area contributed by atoms with Gasteiger partial charge in [-0.05, 0) is 68.1 Å². The summed E-state index contributed by atoms with van der Waals surface area (Å²) in [5.41, 5.74) is 0.449. The number of aliphatic hydroxyl groups is 2. The molecule has 5 unspecified atom stereocenters. The fourth-order valence-electron chi connectivity index (χ4n) is 6.52. The van der Waals surface area contributed by atoms with Crippen LogP contribution >= 0.6 is 0 Å². The number of hydrogen-bond acceptors (Lipinski definition) is 6. The maximum absolute atomic E-state index is 12.4. The molecule has 0 aliphatic heterocycles. The lowest BCUT2D eigenvalue weighted by Gasteiger charge is -2.40. The van der Waals surface area contributed by atoms with Crippen LogP contribution < -0.4 is 0 Å². The summed E-state index contributed by atoms with van der Waals surface area (Å²) in [7, 11) is 0. The Morgan fingerprint density at radius 2 is 1.77 bits per heavy atom. The van der Waals surface area contributed by atoms with Gasteiger partial charge in [-0.1, -0.05) is 6.58 Å². The smallest absolute Gasteiger partial charge is 0.333 e. The lowest BCUT2D eigenvalue weighted by Crippen LogP contribution is -2.41. The summed E-state index contributed by atoms with van der Waals surface area (Å²) >= 11 is 0. The number of carbonyl (C=O) groups excluding carboxylic acids is 2. The molecular weight excluding hydrogens is 336 g/mol. The highest BCUT2D eigenvalue weighted by atomic mass is 16.5. The van der Waals surface area contributed by atoms with Crippen molar-refractivity contribution in [3.05, 3.63) is 12.2 Å². The summed E-state index contributed by atoms with van der Waals surface area (Å²) in [6.45, 7) is 4.81. The molecular formula is C20H28O6. The van der Waals surface area contributed by atoms with E-state index in [1.807, 2.05) is 0 Å². The number of ether oxygens (including phenoxy) is 2. The van der Waals surface area contributed by atoms with Gasteiger partial charge in [-0.25, -0.2) is 4.79 Å². The number of carbonyl (C=O) groups is 2. The van der Waals surface area contributed by atoms with Gasteiger partial charge in [-0.15, -0.1) is 0 Å². The molecule has 0 amide bonds. The molecule has 0 spiro atoms. The highest BCUT2D eigenvalue weighted by Gasteiger charge is 2.66. The third-order valence-electron chi connectivity index (χ3n) is 7.30. The molecule has 4 aliphatic carbocycles. The maximum atomic E-state index is 12.4. The Kier molecular flexibility index (Phi) is 4.59. The Labute approximate surface area is 153 Å². The monoisotopic (exact) mass is 364 g/mol. The lowest BCUT2D eigenvalue weighted by atomic mass is 9.67. The van der Waals surface area contributed by atoms with Gasteiger partial charge in [0.1, 0.15) is 18.8 Å². The minimum atomic E-state index is -1.00. The van der Waals surface area contributed by atoms with Crippen LogP contribution in [0.2, 0.25) is 0 Å². The minimum Gasteiger partial charge on any atom is -0.463 e. The highest BCUT2D eigenvalue weighted by Crippen LogP contribution is 2.69. The summed E-state index contributed by atoms with van der Waals surface area (Å²) < 4.78 is 10.9. The van der Waals surface area contributed by atoms with Gasteiger partial charge in [0.2, 0.25) is 0 Å². The molecule has 0 aromatic heterocycles. The molecule has 0 heterocycles. The molecule has 0 aromatic carbocycles. The fraction of sp³-hybridized carbons (Fsp3) is 0.800. The van der Waals surface area contributed by atoms with E-state index in [4.69, 9.17) is 14.6 Å². The quantitative estimate of drug-likeness (QED) is 0.419. The second-order valence-electron chi connectivity index (χ2n) is 8.74. The largest absolute Gasteiger partial charge is 0.463 e. The second-order valence-corrected chi connectivity index (χ2v) is 8.74. The molecule has 4 saturated carbocycles. The van der Waals surface area contributed by atoms with Gasteiger partial charge in [0, 0.05) is 5.57 Å². The number of fused-ring (bicyclic) bond motifs is 9. The predicted molar refractivity (Wildman–Crippen MR) is 91.6 cm³/mol.